The molecule has 1 N–H and O–H groups in total. The minimum atomic E-state index is -0.110. The fourth-order valence-electron chi connectivity index (χ4n) is 3.02. The van der Waals surface area contributed by atoms with E-state index in [2.05, 4.69) is 0 Å². The molecule has 24 heavy (non-hydrogen) atoms. The molecular formula is C20H14O4. The van der Waals surface area contributed by atoms with E-state index in [4.69, 9.17) is 9.15 Å². The van der Waals surface area contributed by atoms with Gasteiger partial charge in [-0.3, -0.25) is 4.79 Å². The topological polar surface area (TPSA) is 59.7 Å². The Morgan fingerprint density at radius 3 is 2.46 bits per heavy atom. The van der Waals surface area contributed by atoms with Crippen LogP contribution in [-0.2, 0) is 0 Å². The summed E-state index contributed by atoms with van der Waals surface area (Å²) >= 11 is 0. The Kier molecular flexibility index (Phi) is 3.24. The van der Waals surface area contributed by atoms with Crippen molar-refractivity contribution in [2.24, 2.45) is 0 Å². The maximum atomic E-state index is 13.1. The van der Waals surface area contributed by atoms with Gasteiger partial charge >= 0.3 is 0 Å². The van der Waals surface area contributed by atoms with Crippen molar-refractivity contribution in [2.75, 3.05) is 7.11 Å². The maximum Gasteiger partial charge on any atom is 0.201 e. The van der Waals surface area contributed by atoms with E-state index in [1.54, 1.807) is 18.2 Å². The molecule has 0 bridgehead atoms. The van der Waals surface area contributed by atoms with Crippen LogP contribution in [0, 0.1) is 0 Å². The van der Waals surface area contributed by atoms with Crippen LogP contribution < -0.4 is 10.2 Å². The Morgan fingerprint density at radius 1 is 0.958 bits per heavy atom. The molecule has 0 aliphatic rings. The van der Waals surface area contributed by atoms with E-state index in [1.165, 1.54) is 19.4 Å². The summed E-state index contributed by atoms with van der Waals surface area (Å²) in [5, 5.41) is 11.8. The largest absolute Gasteiger partial charge is 0.504 e. The number of methoxy groups -OCH3 is 1. The van der Waals surface area contributed by atoms with E-state index in [9.17, 15) is 9.90 Å². The first-order valence-electron chi connectivity index (χ1n) is 7.50. The van der Waals surface area contributed by atoms with Crippen molar-refractivity contribution in [1.82, 2.24) is 0 Å². The van der Waals surface area contributed by atoms with Crippen molar-refractivity contribution in [3.8, 4) is 22.6 Å². The number of benzene rings is 3. The van der Waals surface area contributed by atoms with Gasteiger partial charge in [0.1, 0.15) is 11.8 Å². The molecule has 4 heteroatoms. The van der Waals surface area contributed by atoms with Gasteiger partial charge in [0.05, 0.1) is 18.1 Å². The minimum absolute atomic E-state index is 0.0351. The summed E-state index contributed by atoms with van der Waals surface area (Å²) in [5.41, 5.74) is 1.69. The lowest BCUT2D eigenvalue weighted by Gasteiger charge is -2.10. The molecule has 1 heterocycles. The lowest BCUT2D eigenvalue weighted by Crippen LogP contribution is -2.05. The lowest BCUT2D eigenvalue weighted by atomic mass is 10.0. The number of phenols is 1. The normalized spacial score (nSPS) is 11.0. The SMILES string of the molecule is COc1c(O)ccc2c1ccc1occ(-c3ccccc3)c(=O)c12. The van der Waals surface area contributed by atoms with E-state index >= 15 is 0 Å². The first-order chi connectivity index (χ1) is 11.7. The Balaban J connectivity index is 2.14. The molecule has 0 spiro atoms. The van der Waals surface area contributed by atoms with Gasteiger partial charge in [-0.05, 0) is 29.8 Å². The summed E-state index contributed by atoms with van der Waals surface area (Å²) in [5.74, 6) is 0.381. The van der Waals surface area contributed by atoms with E-state index < -0.39 is 0 Å². The van der Waals surface area contributed by atoms with Crippen LogP contribution in [0.3, 0.4) is 0 Å². The molecule has 4 aromatic rings. The number of rotatable bonds is 2. The van der Waals surface area contributed by atoms with E-state index in [0.717, 1.165) is 5.56 Å². The van der Waals surface area contributed by atoms with E-state index in [0.29, 0.717) is 33.1 Å². The van der Waals surface area contributed by atoms with Crippen molar-refractivity contribution >= 4 is 21.7 Å². The average Bonchev–Trinajstić information content (AvgIpc) is 2.62. The summed E-state index contributed by atoms with van der Waals surface area (Å²) in [6, 6.07) is 16.1. The fraction of sp³-hybridized carbons (Fsp3) is 0.0500. The molecule has 1 aromatic heterocycles. The van der Waals surface area contributed by atoms with Crippen molar-refractivity contribution in [2.45, 2.75) is 0 Å². The molecule has 0 atom stereocenters. The molecule has 4 nitrogen and oxygen atoms in total. The lowest BCUT2D eigenvalue weighted by molar-refractivity contribution is 0.378. The van der Waals surface area contributed by atoms with Crippen LogP contribution in [0.2, 0.25) is 0 Å². The van der Waals surface area contributed by atoms with Crippen LogP contribution in [0.15, 0.2) is 70.1 Å². The molecule has 3 aromatic carbocycles. The van der Waals surface area contributed by atoms with Crippen LogP contribution in [0.1, 0.15) is 0 Å². The molecular weight excluding hydrogens is 304 g/mol. The zero-order valence-electron chi connectivity index (χ0n) is 12.9. The summed E-state index contributed by atoms with van der Waals surface area (Å²) in [4.78, 5) is 13.1. The second-order valence-electron chi connectivity index (χ2n) is 5.50. The van der Waals surface area contributed by atoms with Crippen LogP contribution >= 0.6 is 0 Å². The highest BCUT2D eigenvalue weighted by atomic mass is 16.5. The number of fused-ring (bicyclic) bond motifs is 3. The van der Waals surface area contributed by atoms with E-state index in [-0.39, 0.29) is 11.2 Å². The van der Waals surface area contributed by atoms with Crippen LogP contribution in [-0.4, -0.2) is 12.2 Å². The summed E-state index contributed by atoms with van der Waals surface area (Å²) in [7, 11) is 1.49. The average molecular weight is 318 g/mol. The maximum absolute atomic E-state index is 13.1. The van der Waals surface area contributed by atoms with Crippen LogP contribution in [0.25, 0.3) is 32.9 Å². The molecule has 0 saturated carbocycles. The Bertz CT molecular complexity index is 1110. The Hall–Kier alpha value is -3.27. The smallest absolute Gasteiger partial charge is 0.201 e. The minimum Gasteiger partial charge on any atom is -0.504 e. The number of hydrogen-bond acceptors (Lipinski definition) is 4. The first-order valence-corrected chi connectivity index (χ1v) is 7.50. The van der Waals surface area contributed by atoms with Gasteiger partial charge < -0.3 is 14.3 Å². The van der Waals surface area contributed by atoms with Gasteiger partial charge in [-0.1, -0.05) is 30.3 Å². The van der Waals surface area contributed by atoms with Crippen molar-refractivity contribution < 1.29 is 14.3 Å². The molecule has 0 amide bonds. The van der Waals surface area contributed by atoms with E-state index in [1.807, 2.05) is 30.3 Å². The van der Waals surface area contributed by atoms with Gasteiger partial charge in [0, 0.05) is 10.8 Å². The van der Waals surface area contributed by atoms with Gasteiger partial charge in [0.15, 0.2) is 11.5 Å². The second kappa shape index (κ2) is 5.42. The highest BCUT2D eigenvalue weighted by Crippen LogP contribution is 2.37. The van der Waals surface area contributed by atoms with Gasteiger partial charge in [0.25, 0.3) is 0 Å². The first kappa shape index (κ1) is 14.3. The standard InChI is InChI=1S/C20H14O4/c1-23-20-14-8-10-17-18(13(14)7-9-16(20)21)19(22)15(11-24-17)12-5-3-2-4-6-12/h2-11,21H,1H3. The monoisotopic (exact) mass is 318 g/mol. The second-order valence-corrected chi connectivity index (χ2v) is 5.50. The summed E-state index contributed by atoms with van der Waals surface area (Å²) in [6.45, 7) is 0. The summed E-state index contributed by atoms with van der Waals surface area (Å²) < 4.78 is 11.0. The quantitative estimate of drug-likeness (QED) is 0.559. The van der Waals surface area contributed by atoms with Gasteiger partial charge in [0.2, 0.25) is 5.43 Å². The van der Waals surface area contributed by atoms with Crippen molar-refractivity contribution in [1.29, 1.82) is 0 Å². The van der Waals surface area contributed by atoms with Gasteiger partial charge in [-0.2, -0.15) is 0 Å². The predicted molar refractivity (Wildman–Crippen MR) is 93.6 cm³/mol. The third-order valence-corrected chi connectivity index (χ3v) is 4.16. The number of aromatic hydroxyl groups is 1. The number of ether oxygens (including phenoxy) is 1. The van der Waals surface area contributed by atoms with Crippen molar-refractivity contribution in [3.05, 3.63) is 71.1 Å². The highest BCUT2D eigenvalue weighted by Gasteiger charge is 2.15. The van der Waals surface area contributed by atoms with Gasteiger partial charge in [-0.15, -0.1) is 0 Å². The molecule has 0 aliphatic heterocycles. The number of hydrogen-bond donors (Lipinski definition) is 1. The Labute approximate surface area is 137 Å². The predicted octanol–water partition coefficient (Wildman–Crippen LogP) is 4.33. The molecule has 0 unspecified atom stereocenters. The highest BCUT2D eigenvalue weighted by molar-refractivity contribution is 6.09. The zero-order chi connectivity index (χ0) is 16.7. The summed E-state index contributed by atoms with van der Waals surface area (Å²) in [6.07, 6.45) is 1.49. The molecule has 0 fully saturated rings. The molecule has 118 valence electrons. The van der Waals surface area contributed by atoms with Crippen LogP contribution in [0.5, 0.6) is 11.5 Å². The van der Waals surface area contributed by atoms with Crippen molar-refractivity contribution in [3.63, 3.8) is 0 Å². The molecule has 4 rings (SSSR count). The molecule has 0 saturated heterocycles. The zero-order valence-corrected chi connectivity index (χ0v) is 12.9. The third kappa shape index (κ3) is 2.04. The van der Waals surface area contributed by atoms with Gasteiger partial charge in [-0.25, -0.2) is 0 Å². The molecule has 0 radical (unpaired) electrons. The third-order valence-electron chi connectivity index (χ3n) is 4.16. The van der Waals surface area contributed by atoms with Crippen LogP contribution in [0.4, 0.5) is 0 Å². The number of phenolic OH excluding ortho intramolecular Hbond substituents is 1. The molecule has 0 aliphatic carbocycles. The Morgan fingerprint density at radius 2 is 1.71 bits per heavy atom. The fourth-order valence-corrected chi connectivity index (χ4v) is 3.02.